The molecule has 1 atom stereocenters. The molecule has 0 spiro atoms. The van der Waals surface area contributed by atoms with E-state index in [0.29, 0.717) is 13.0 Å². The van der Waals surface area contributed by atoms with Crippen LogP contribution in [0.1, 0.15) is 26.5 Å². The summed E-state index contributed by atoms with van der Waals surface area (Å²) < 4.78 is 5.17. The lowest BCUT2D eigenvalue weighted by atomic mass is 10.0. The third-order valence-corrected chi connectivity index (χ3v) is 2.56. The maximum Gasteiger partial charge on any atom is 0.242 e. The van der Waals surface area contributed by atoms with Crippen molar-refractivity contribution in [2.75, 3.05) is 6.54 Å². The Labute approximate surface area is 107 Å². The molecule has 18 heavy (non-hydrogen) atoms. The summed E-state index contributed by atoms with van der Waals surface area (Å²) in [6, 6.07) is 3.18. The minimum Gasteiger partial charge on any atom is -0.469 e. The second-order valence-corrected chi connectivity index (χ2v) is 4.54. The zero-order valence-corrected chi connectivity index (χ0v) is 11.0. The first-order chi connectivity index (χ1) is 8.50. The molecule has 5 heteroatoms. The Hall–Kier alpha value is -1.78. The highest BCUT2D eigenvalue weighted by molar-refractivity contribution is 5.86. The first-order valence-corrected chi connectivity index (χ1v) is 6.08. The molecule has 1 aromatic heterocycles. The molecular formula is C13H20N2O3. The van der Waals surface area contributed by atoms with E-state index < -0.39 is 6.04 Å². The Balaban J connectivity index is 2.39. The van der Waals surface area contributed by atoms with E-state index >= 15 is 0 Å². The van der Waals surface area contributed by atoms with Gasteiger partial charge in [-0.15, -0.1) is 0 Å². The van der Waals surface area contributed by atoms with E-state index in [0.717, 1.165) is 5.76 Å². The smallest absolute Gasteiger partial charge is 0.242 e. The minimum absolute atomic E-state index is 0.0533. The van der Waals surface area contributed by atoms with Crippen molar-refractivity contribution in [3.63, 3.8) is 0 Å². The fraction of sp³-hybridized carbons (Fsp3) is 0.538. The van der Waals surface area contributed by atoms with Gasteiger partial charge in [-0.05, 0) is 18.1 Å². The van der Waals surface area contributed by atoms with Crippen LogP contribution in [0.5, 0.6) is 0 Å². The van der Waals surface area contributed by atoms with Crippen LogP contribution in [0.4, 0.5) is 0 Å². The van der Waals surface area contributed by atoms with Crippen LogP contribution in [0.25, 0.3) is 0 Å². The maximum atomic E-state index is 11.9. The maximum absolute atomic E-state index is 11.9. The third-order valence-electron chi connectivity index (χ3n) is 2.56. The van der Waals surface area contributed by atoms with Gasteiger partial charge in [0.25, 0.3) is 0 Å². The highest BCUT2D eigenvalue weighted by atomic mass is 16.3. The van der Waals surface area contributed by atoms with Gasteiger partial charge in [-0.2, -0.15) is 0 Å². The van der Waals surface area contributed by atoms with Crippen molar-refractivity contribution < 1.29 is 14.0 Å². The van der Waals surface area contributed by atoms with Crippen LogP contribution in [0, 0.1) is 5.92 Å². The summed E-state index contributed by atoms with van der Waals surface area (Å²) in [5.41, 5.74) is 0. The summed E-state index contributed by atoms with van der Waals surface area (Å²) in [6.07, 6.45) is 2.25. The molecule has 2 amide bonds. The Morgan fingerprint density at radius 3 is 2.61 bits per heavy atom. The number of amides is 2. The Kier molecular flexibility index (Phi) is 5.42. The summed E-state index contributed by atoms with van der Waals surface area (Å²) in [7, 11) is 0. The van der Waals surface area contributed by atoms with Crippen LogP contribution in [0.2, 0.25) is 0 Å². The summed E-state index contributed by atoms with van der Waals surface area (Å²) in [6.45, 7) is 5.69. The van der Waals surface area contributed by atoms with Crippen molar-refractivity contribution in [3.8, 4) is 0 Å². The number of furan rings is 1. The van der Waals surface area contributed by atoms with Crippen molar-refractivity contribution in [2.45, 2.75) is 33.2 Å². The van der Waals surface area contributed by atoms with E-state index in [1.807, 2.05) is 26.0 Å². The van der Waals surface area contributed by atoms with Crippen LogP contribution < -0.4 is 10.6 Å². The Morgan fingerprint density at radius 2 is 2.11 bits per heavy atom. The zero-order chi connectivity index (χ0) is 13.5. The molecule has 0 aliphatic heterocycles. The van der Waals surface area contributed by atoms with Crippen LogP contribution in [-0.4, -0.2) is 24.4 Å². The van der Waals surface area contributed by atoms with Crippen LogP contribution in [0.3, 0.4) is 0 Å². The molecule has 1 rings (SSSR count). The quantitative estimate of drug-likeness (QED) is 0.796. The van der Waals surface area contributed by atoms with E-state index in [4.69, 9.17) is 4.42 Å². The predicted molar refractivity (Wildman–Crippen MR) is 67.9 cm³/mol. The van der Waals surface area contributed by atoms with Crippen molar-refractivity contribution in [1.29, 1.82) is 0 Å². The van der Waals surface area contributed by atoms with Crippen molar-refractivity contribution in [1.82, 2.24) is 10.6 Å². The van der Waals surface area contributed by atoms with Gasteiger partial charge in [0.15, 0.2) is 0 Å². The molecule has 0 fully saturated rings. The highest BCUT2D eigenvalue weighted by Gasteiger charge is 2.22. The van der Waals surface area contributed by atoms with Gasteiger partial charge in [0.2, 0.25) is 11.8 Å². The second kappa shape index (κ2) is 6.83. The highest BCUT2D eigenvalue weighted by Crippen LogP contribution is 2.03. The number of hydrogen-bond acceptors (Lipinski definition) is 3. The molecule has 1 heterocycles. The third kappa shape index (κ3) is 4.61. The van der Waals surface area contributed by atoms with Gasteiger partial charge in [0, 0.05) is 19.9 Å². The number of rotatable bonds is 6. The zero-order valence-electron chi connectivity index (χ0n) is 11.0. The molecule has 0 saturated carbocycles. The summed E-state index contributed by atoms with van der Waals surface area (Å²) in [5.74, 6) is 0.523. The van der Waals surface area contributed by atoms with Gasteiger partial charge < -0.3 is 15.1 Å². The van der Waals surface area contributed by atoms with Gasteiger partial charge in [-0.25, -0.2) is 0 Å². The number of carbonyl (C=O) groups excluding carboxylic acids is 2. The van der Waals surface area contributed by atoms with E-state index in [9.17, 15) is 9.59 Å². The lowest BCUT2D eigenvalue weighted by Gasteiger charge is -2.20. The lowest BCUT2D eigenvalue weighted by molar-refractivity contribution is -0.129. The Bertz CT molecular complexity index is 385. The van der Waals surface area contributed by atoms with Crippen LogP contribution >= 0.6 is 0 Å². The normalized spacial score (nSPS) is 12.2. The molecule has 0 radical (unpaired) electrons. The SMILES string of the molecule is CC(=O)N[C@@H](C(=O)NCCc1ccco1)C(C)C. The van der Waals surface area contributed by atoms with Crippen molar-refractivity contribution in [2.24, 2.45) is 5.92 Å². The van der Waals surface area contributed by atoms with Crippen molar-refractivity contribution >= 4 is 11.8 Å². The number of hydrogen-bond donors (Lipinski definition) is 2. The standard InChI is InChI=1S/C13H20N2O3/c1-9(2)12(15-10(3)16)13(17)14-7-6-11-5-4-8-18-11/h4-5,8-9,12H,6-7H2,1-3H3,(H,14,17)(H,15,16)/t12-/m1/s1. The number of carbonyl (C=O) groups is 2. The van der Waals surface area contributed by atoms with E-state index in [1.54, 1.807) is 6.26 Å². The van der Waals surface area contributed by atoms with Crippen molar-refractivity contribution in [3.05, 3.63) is 24.2 Å². The fourth-order valence-electron chi connectivity index (χ4n) is 1.63. The van der Waals surface area contributed by atoms with Gasteiger partial charge in [0.1, 0.15) is 11.8 Å². The van der Waals surface area contributed by atoms with E-state index in [-0.39, 0.29) is 17.7 Å². The molecule has 0 aromatic carbocycles. The molecule has 0 bridgehead atoms. The van der Waals surface area contributed by atoms with Gasteiger partial charge in [0.05, 0.1) is 6.26 Å². The fourth-order valence-corrected chi connectivity index (χ4v) is 1.63. The molecule has 0 aliphatic carbocycles. The molecule has 0 saturated heterocycles. The second-order valence-electron chi connectivity index (χ2n) is 4.54. The molecule has 5 nitrogen and oxygen atoms in total. The summed E-state index contributed by atoms with van der Waals surface area (Å²) >= 11 is 0. The van der Waals surface area contributed by atoms with Gasteiger partial charge in [-0.1, -0.05) is 13.8 Å². The molecule has 1 aromatic rings. The first kappa shape index (κ1) is 14.3. The minimum atomic E-state index is -0.487. The topological polar surface area (TPSA) is 71.3 Å². The lowest BCUT2D eigenvalue weighted by Crippen LogP contribution is -2.49. The molecule has 100 valence electrons. The van der Waals surface area contributed by atoms with Crippen LogP contribution in [0.15, 0.2) is 22.8 Å². The molecule has 0 unspecified atom stereocenters. The largest absolute Gasteiger partial charge is 0.469 e. The first-order valence-electron chi connectivity index (χ1n) is 6.08. The van der Waals surface area contributed by atoms with E-state index in [1.165, 1.54) is 6.92 Å². The van der Waals surface area contributed by atoms with E-state index in [2.05, 4.69) is 10.6 Å². The van der Waals surface area contributed by atoms with Crippen LogP contribution in [-0.2, 0) is 16.0 Å². The predicted octanol–water partition coefficient (Wildman–Crippen LogP) is 1.10. The number of nitrogens with one attached hydrogen (secondary N) is 2. The Morgan fingerprint density at radius 1 is 1.39 bits per heavy atom. The molecule has 0 aliphatic rings. The molecular weight excluding hydrogens is 232 g/mol. The average molecular weight is 252 g/mol. The monoisotopic (exact) mass is 252 g/mol. The average Bonchev–Trinajstić information content (AvgIpc) is 2.78. The van der Waals surface area contributed by atoms with Gasteiger partial charge in [-0.3, -0.25) is 9.59 Å². The summed E-state index contributed by atoms with van der Waals surface area (Å²) in [4.78, 5) is 22.9. The molecule has 2 N–H and O–H groups in total. The summed E-state index contributed by atoms with van der Waals surface area (Å²) in [5, 5.41) is 5.44. The van der Waals surface area contributed by atoms with Gasteiger partial charge >= 0.3 is 0 Å².